The van der Waals surface area contributed by atoms with Crippen LogP contribution in [0.25, 0.3) is 0 Å². The highest BCUT2D eigenvalue weighted by molar-refractivity contribution is 7.92. The summed E-state index contributed by atoms with van der Waals surface area (Å²) in [5.74, 6) is -1.19. The van der Waals surface area contributed by atoms with Crippen LogP contribution in [-0.4, -0.2) is 36.7 Å². The van der Waals surface area contributed by atoms with Crippen LogP contribution in [0.5, 0.6) is 0 Å². The first-order chi connectivity index (χ1) is 9.35. The number of anilines is 1. The lowest BCUT2D eigenvalue weighted by Crippen LogP contribution is -2.28. The molecule has 7 nitrogen and oxygen atoms in total. The van der Waals surface area contributed by atoms with Crippen molar-refractivity contribution in [3.05, 3.63) is 41.7 Å². The topological polar surface area (TPSA) is 103 Å². The molecule has 106 valence electrons. The third-order valence-electron chi connectivity index (χ3n) is 2.90. The van der Waals surface area contributed by atoms with Crippen LogP contribution in [0.2, 0.25) is 0 Å². The second-order valence-corrected chi connectivity index (χ2v) is 6.09. The summed E-state index contributed by atoms with van der Waals surface area (Å²) in [5, 5.41) is 15.3. The van der Waals surface area contributed by atoms with Crippen molar-refractivity contribution < 1.29 is 18.3 Å². The van der Waals surface area contributed by atoms with Gasteiger partial charge >= 0.3 is 5.97 Å². The van der Waals surface area contributed by atoms with Crippen LogP contribution < -0.4 is 4.31 Å². The number of aryl methyl sites for hydroxylation is 1. The summed E-state index contributed by atoms with van der Waals surface area (Å²) < 4.78 is 25.9. The van der Waals surface area contributed by atoms with Crippen LogP contribution >= 0.6 is 0 Å². The molecule has 0 aliphatic rings. The summed E-state index contributed by atoms with van der Waals surface area (Å²) in [4.78, 5) is 11.2. The SMILES string of the molecule is Cc1[nH]ncc1S(=O)(=O)N(C)c1ccccc1C(=O)O. The number of nitrogens with zero attached hydrogens (tertiary/aromatic N) is 2. The van der Waals surface area contributed by atoms with E-state index in [1.54, 1.807) is 13.0 Å². The number of carboxylic acids is 1. The number of aromatic nitrogens is 2. The molecule has 2 aromatic rings. The summed E-state index contributed by atoms with van der Waals surface area (Å²) in [6, 6.07) is 5.91. The van der Waals surface area contributed by atoms with Crippen molar-refractivity contribution in [2.75, 3.05) is 11.4 Å². The van der Waals surface area contributed by atoms with E-state index >= 15 is 0 Å². The maximum Gasteiger partial charge on any atom is 0.337 e. The average Bonchev–Trinajstić information content (AvgIpc) is 2.84. The minimum atomic E-state index is -3.86. The van der Waals surface area contributed by atoms with Crippen molar-refractivity contribution in [1.29, 1.82) is 0 Å². The van der Waals surface area contributed by atoms with Gasteiger partial charge in [0.15, 0.2) is 0 Å². The van der Waals surface area contributed by atoms with Gasteiger partial charge in [0.25, 0.3) is 10.0 Å². The van der Waals surface area contributed by atoms with E-state index < -0.39 is 16.0 Å². The molecule has 20 heavy (non-hydrogen) atoms. The number of H-pyrrole nitrogens is 1. The van der Waals surface area contributed by atoms with Gasteiger partial charge in [-0.2, -0.15) is 5.10 Å². The van der Waals surface area contributed by atoms with E-state index in [4.69, 9.17) is 5.11 Å². The number of hydrogen-bond donors (Lipinski definition) is 2. The van der Waals surface area contributed by atoms with Crippen molar-refractivity contribution in [2.45, 2.75) is 11.8 Å². The van der Waals surface area contributed by atoms with Crippen molar-refractivity contribution >= 4 is 21.7 Å². The van der Waals surface area contributed by atoms with Crippen molar-refractivity contribution in [3.63, 3.8) is 0 Å². The molecular formula is C12H13N3O4S. The van der Waals surface area contributed by atoms with Gasteiger partial charge in [-0.1, -0.05) is 12.1 Å². The largest absolute Gasteiger partial charge is 0.478 e. The Labute approximate surface area is 115 Å². The van der Waals surface area contributed by atoms with Gasteiger partial charge in [0.05, 0.1) is 23.1 Å². The second-order valence-electron chi connectivity index (χ2n) is 4.15. The minimum Gasteiger partial charge on any atom is -0.478 e. The molecule has 0 aliphatic heterocycles. The van der Waals surface area contributed by atoms with E-state index in [0.717, 1.165) is 4.31 Å². The highest BCUT2D eigenvalue weighted by atomic mass is 32.2. The van der Waals surface area contributed by atoms with Crippen LogP contribution in [0.15, 0.2) is 35.4 Å². The van der Waals surface area contributed by atoms with Gasteiger partial charge in [-0.15, -0.1) is 0 Å². The lowest BCUT2D eigenvalue weighted by Gasteiger charge is -2.20. The molecule has 1 heterocycles. The molecule has 2 rings (SSSR count). The summed E-state index contributed by atoms with van der Waals surface area (Å²) in [7, 11) is -2.55. The number of aromatic carboxylic acids is 1. The third-order valence-corrected chi connectivity index (χ3v) is 4.78. The second kappa shape index (κ2) is 4.97. The molecule has 0 spiro atoms. The summed E-state index contributed by atoms with van der Waals surface area (Å²) in [5.41, 5.74) is 0.407. The smallest absolute Gasteiger partial charge is 0.337 e. The Kier molecular flexibility index (Phi) is 3.49. The number of carboxylic acid groups (broad SMARTS) is 1. The molecule has 0 saturated heterocycles. The molecule has 1 aromatic heterocycles. The van der Waals surface area contributed by atoms with Gasteiger partial charge in [0, 0.05) is 7.05 Å². The number of nitrogens with one attached hydrogen (secondary N) is 1. The van der Waals surface area contributed by atoms with Gasteiger partial charge in [0.2, 0.25) is 0 Å². The van der Waals surface area contributed by atoms with Gasteiger partial charge in [-0.3, -0.25) is 9.40 Å². The van der Waals surface area contributed by atoms with E-state index in [9.17, 15) is 13.2 Å². The number of rotatable bonds is 4. The van der Waals surface area contributed by atoms with Crippen molar-refractivity contribution in [2.24, 2.45) is 0 Å². The average molecular weight is 295 g/mol. The number of hydrogen-bond acceptors (Lipinski definition) is 4. The number of benzene rings is 1. The molecule has 8 heteroatoms. The fourth-order valence-electron chi connectivity index (χ4n) is 1.81. The standard InChI is InChI=1S/C12H13N3O4S/c1-8-11(7-13-14-8)20(18,19)15(2)10-6-4-3-5-9(10)12(16)17/h3-7H,1-2H3,(H,13,14)(H,16,17). The first-order valence-electron chi connectivity index (χ1n) is 5.67. The highest BCUT2D eigenvalue weighted by Gasteiger charge is 2.27. The first kappa shape index (κ1) is 14.1. The minimum absolute atomic E-state index is 0.0141. The maximum absolute atomic E-state index is 12.5. The molecule has 0 saturated carbocycles. The van der Waals surface area contributed by atoms with Gasteiger partial charge < -0.3 is 5.11 Å². The molecule has 0 amide bonds. The zero-order valence-corrected chi connectivity index (χ0v) is 11.7. The Morgan fingerprint density at radius 3 is 2.55 bits per heavy atom. The number of sulfonamides is 1. The fraction of sp³-hybridized carbons (Fsp3) is 0.167. The maximum atomic E-state index is 12.5. The predicted octanol–water partition coefficient (Wildman–Crippen LogP) is 1.24. The Bertz CT molecular complexity index is 752. The van der Waals surface area contributed by atoms with Gasteiger partial charge in [0.1, 0.15) is 4.90 Å². The van der Waals surface area contributed by atoms with E-state index in [1.165, 1.54) is 31.4 Å². The molecule has 0 bridgehead atoms. The molecule has 0 atom stereocenters. The van der Waals surface area contributed by atoms with Crippen molar-refractivity contribution in [3.8, 4) is 0 Å². The van der Waals surface area contributed by atoms with Crippen LogP contribution in [0.4, 0.5) is 5.69 Å². The van der Waals surface area contributed by atoms with Crippen LogP contribution in [0.3, 0.4) is 0 Å². The van der Waals surface area contributed by atoms with E-state index in [1.807, 2.05) is 0 Å². The Morgan fingerprint density at radius 1 is 1.35 bits per heavy atom. The normalized spacial score (nSPS) is 11.3. The number of aromatic amines is 1. The monoisotopic (exact) mass is 295 g/mol. The molecule has 2 N–H and O–H groups in total. The van der Waals surface area contributed by atoms with Crippen LogP contribution in [-0.2, 0) is 10.0 Å². The Morgan fingerprint density at radius 2 is 2.00 bits per heavy atom. The predicted molar refractivity (Wildman–Crippen MR) is 72.3 cm³/mol. The van der Waals surface area contributed by atoms with E-state index in [2.05, 4.69) is 10.2 Å². The van der Waals surface area contributed by atoms with E-state index in [0.29, 0.717) is 5.69 Å². The zero-order valence-electron chi connectivity index (χ0n) is 10.9. The lowest BCUT2D eigenvalue weighted by molar-refractivity contribution is 0.0698. The molecule has 0 aliphatic carbocycles. The van der Waals surface area contributed by atoms with Gasteiger partial charge in [-0.05, 0) is 19.1 Å². The first-order valence-corrected chi connectivity index (χ1v) is 7.11. The molecule has 1 aromatic carbocycles. The molecule has 0 unspecified atom stereocenters. The molecular weight excluding hydrogens is 282 g/mol. The summed E-state index contributed by atoms with van der Waals surface area (Å²) >= 11 is 0. The summed E-state index contributed by atoms with van der Waals surface area (Å²) in [6.45, 7) is 1.58. The van der Waals surface area contributed by atoms with E-state index in [-0.39, 0.29) is 16.1 Å². The van der Waals surface area contributed by atoms with Gasteiger partial charge in [-0.25, -0.2) is 13.2 Å². The fourth-order valence-corrected chi connectivity index (χ4v) is 3.14. The molecule has 0 fully saturated rings. The zero-order chi connectivity index (χ0) is 14.9. The lowest BCUT2D eigenvalue weighted by atomic mass is 10.2. The number of carbonyl (C=O) groups is 1. The van der Waals surface area contributed by atoms with Crippen molar-refractivity contribution in [1.82, 2.24) is 10.2 Å². The number of para-hydroxylation sites is 1. The van der Waals surface area contributed by atoms with Crippen LogP contribution in [0.1, 0.15) is 16.1 Å². The quantitative estimate of drug-likeness (QED) is 0.883. The summed E-state index contributed by atoms with van der Waals surface area (Å²) in [6.07, 6.45) is 1.20. The Hall–Kier alpha value is -2.35. The highest BCUT2D eigenvalue weighted by Crippen LogP contribution is 2.26. The molecule has 0 radical (unpaired) electrons. The van der Waals surface area contributed by atoms with Crippen LogP contribution in [0, 0.1) is 6.92 Å². The Balaban J connectivity index is 2.55. The third kappa shape index (κ3) is 2.25.